The maximum absolute atomic E-state index is 9.77. The van der Waals surface area contributed by atoms with Crippen molar-refractivity contribution in [2.75, 3.05) is 0 Å². The van der Waals surface area contributed by atoms with Gasteiger partial charge in [-0.05, 0) is 50.0 Å². The molecule has 74 valence electrons. The second-order valence-electron chi connectivity index (χ2n) is 4.98. The predicted octanol–water partition coefficient (Wildman–Crippen LogP) is 3.04. The van der Waals surface area contributed by atoms with Crippen LogP contribution in [0.2, 0.25) is 0 Å². The van der Waals surface area contributed by atoms with E-state index < -0.39 is 0 Å². The molecule has 13 heavy (non-hydrogen) atoms. The smallest absolute Gasteiger partial charge is 0.0750 e. The second kappa shape index (κ2) is 3.13. The van der Waals surface area contributed by atoms with Crippen molar-refractivity contribution in [3.8, 4) is 0 Å². The van der Waals surface area contributed by atoms with E-state index in [1.165, 1.54) is 37.7 Å². The van der Waals surface area contributed by atoms with Crippen molar-refractivity contribution in [2.24, 2.45) is 5.41 Å². The zero-order chi connectivity index (χ0) is 9.47. The topological polar surface area (TPSA) is 20.2 Å². The first-order valence-corrected chi connectivity index (χ1v) is 5.52. The molecule has 2 aliphatic rings. The predicted molar refractivity (Wildman–Crippen MR) is 54.5 cm³/mol. The Morgan fingerprint density at radius 2 is 2.08 bits per heavy atom. The van der Waals surface area contributed by atoms with Gasteiger partial charge < -0.3 is 5.11 Å². The van der Waals surface area contributed by atoms with Crippen molar-refractivity contribution in [2.45, 2.75) is 58.5 Å². The van der Waals surface area contributed by atoms with Gasteiger partial charge in [0.2, 0.25) is 0 Å². The monoisotopic (exact) mass is 180 g/mol. The molecular formula is C12H20O. The molecule has 0 aliphatic heterocycles. The van der Waals surface area contributed by atoms with Crippen LogP contribution in [0.5, 0.6) is 0 Å². The van der Waals surface area contributed by atoms with Crippen LogP contribution in [0.3, 0.4) is 0 Å². The van der Waals surface area contributed by atoms with Gasteiger partial charge in [-0.25, -0.2) is 0 Å². The normalized spacial score (nSPS) is 40.4. The summed E-state index contributed by atoms with van der Waals surface area (Å²) in [6.07, 6.45) is 7.32. The van der Waals surface area contributed by atoms with Crippen molar-refractivity contribution in [1.82, 2.24) is 0 Å². The van der Waals surface area contributed by atoms with Crippen LogP contribution in [0.25, 0.3) is 0 Å². The summed E-state index contributed by atoms with van der Waals surface area (Å²) in [6.45, 7) is 4.51. The highest BCUT2D eigenvalue weighted by Gasteiger charge is 2.37. The minimum Gasteiger partial charge on any atom is -0.389 e. The molecule has 0 spiro atoms. The molecule has 1 nitrogen and oxygen atoms in total. The van der Waals surface area contributed by atoms with Gasteiger partial charge in [-0.15, -0.1) is 0 Å². The summed E-state index contributed by atoms with van der Waals surface area (Å²) in [5.74, 6) is 0. The highest BCUT2D eigenvalue weighted by molar-refractivity contribution is 5.27. The lowest BCUT2D eigenvalue weighted by Gasteiger charge is -2.43. The van der Waals surface area contributed by atoms with Crippen LogP contribution in [0.15, 0.2) is 11.1 Å². The number of hydrogen-bond donors (Lipinski definition) is 1. The van der Waals surface area contributed by atoms with E-state index in [9.17, 15) is 5.11 Å². The number of allylic oxidation sites excluding steroid dienone is 1. The lowest BCUT2D eigenvalue weighted by atomic mass is 9.63. The average molecular weight is 180 g/mol. The van der Waals surface area contributed by atoms with E-state index in [1.807, 2.05) is 0 Å². The summed E-state index contributed by atoms with van der Waals surface area (Å²) >= 11 is 0. The van der Waals surface area contributed by atoms with Crippen molar-refractivity contribution in [3.05, 3.63) is 11.1 Å². The summed E-state index contributed by atoms with van der Waals surface area (Å²) in [6, 6.07) is 0. The van der Waals surface area contributed by atoms with Crippen molar-refractivity contribution < 1.29 is 5.11 Å². The largest absolute Gasteiger partial charge is 0.389 e. The van der Waals surface area contributed by atoms with Crippen LogP contribution in [-0.2, 0) is 0 Å². The van der Waals surface area contributed by atoms with Crippen LogP contribution in [0.4, 0.5) is 0 Å². The van der Waals surface area contributed by atoms with E-state index >= 15 is 0 Å². The quantitative estimate of drug-likeness (QED) is 0.568. The molecule has 1 fully saturated rings. The molecule has 0 amide bonds. The van der Waals surface area contributed by atoms with Gasteiger partial charge in [0.05, 0.1) is 6.10 Å². The highest BCUT2D eigenvalue weighted by atomic mass is 16.3. The number of fused-ring (bicyclic) bond motifs is 1. The van der Waals surface area contributed by atoms with Crippen molar-refractivity contribution in [3.63, 3.8) is 0 Å². The maximum Gasteiger partial charge on any atom is 0.0750 e. The first-order chi connectivity index (χ1) is 6.13. The van der Waals surface area contributed by atoms with E-state index in [-0.39, 0.29) is 6.10 Å². The van der Waals surface area contributed by atoms with Gasteiger partial charge in [-0.2, -0.15) is 0 Å². The molecule has 2 atom stereocenters. The summed E-state index contributed by atoms with van der Waals surface area (Å²) < 4.78 is 0. The Balaban J connectivity index is 2.35. The van der Waals surface area contributed by atoms with Crippen molar-refractivity contribution >= 4 is 0 Å². The van der Waals surface area contributed by atoms with Crippen LogP contribution in [0, 0.1) is 5.41 Å². The molecule has 0 bridgehead atoms. The summed E-state index contributed by atoms with van der Waals surface area (Å²) in [5.41, 5.74) is 3.31. The number of aliphatic hydroxyl groups is 1. The van der Waals surface area contributed by atoms with Gasteiger partial charge in [0.1, 0.15) is 0 Å². The molecule has 0 heterocycles. The Morgan fingerprint density at radius 1 is 1.31 bits per heavy atom. The zero-order valence-electron chi connectivity index (χ0n) is 8.77. The fraction of sp³-hybridized carbons (Fsp3) is 0.833. The number of rotatable bonds is 0. The standard InChI is InChI=1S/C12H20O/c1-9-10-5-3-4-7-12(10,2)8-6-11(9)13/h11,13H,3-8H2,1-2H3/t11?,12-/m0/s1. The SMILES string of the molecule is CC1=C2CCCC[C@@]2(C)CCC1O. The summed E-state index contributed by atoms with van der Waals surface area (Å²) in [5, 5.41) is 9.77. The lowest BCUT2D eigenvalue weighted by Crippen LogP contribution is -2.32. The van der Waals surface area contributed by atoms with E-state index in [0.717, 1.165) is 6.42 Å². The molecule has 0 aromatic carbocycles. The van der Waals surface area contributed by atoms with E-state index in [4.69, 9.17) is 0 Å². The fourth-order valence-electron chi connectivity index (χ4n) is 3.09. The Kier molecular flexibility index (Phi) is 2.23. The molecule has 0 aromatic rings. The van der Waals surface area contributed by atoms with E-state index in [1.54, 1.807) is 5.57 Å². The number of hydrogen-bond acceptors (Lipinski definition) is 1. The molecule has 0 radical (unpaired) electrons. The molecule has 1 N–H and O–H groups in total. The Hall–Kier alpha value is -0.300. The molecule has 2 rings (SSSR count). The lowest BCUT2D eigenvalue weighted by molar-refractivity contribution is 0.139. The summed E-state index contributed by atoms with van der Waals surface area (Å²) in [7, 11) is 0. The van der Waals surface area contributed by atoms with Crippen LogP contribution < -0.4 is 0 Å². The van der Waals surface area contributed by atoms with Gasteiger partial charge in [0, 0.05) is 0 Å². The molecular weight excluding hydrogens is 160 g/mol. The van der Waals surface area contributed by atoms with Crippen LogP contribution in [0.1, 0.15) is 52.4 Å². The average Bonchev–Trinajstić information content (AvgIpc) is 2.12. The molecule has 1 unspecified atom stereocenters. The number of aliphatic hydroxyl groups excluding tert-OH is 1. The first-order valence-electron chi connectivity index (χ1n) is 5.52. The molecule has 0 aromatic heterocycles. The third-order valence-corrected chi connectivity index (χ3v) is 4.08. The minimum atomic E-state index is -0.138. The van der Waals surface area contributed by atoms with Gasteiger partial charge in [-0.1, -0.05) is 18.9 Å². The van der Waals surface area contributed by atoms with E-state index in [2.05, 4.69) is 13.8 Å². The highest BCUT2D eigenvalue weighted by Crippen LogP contribution is 2.49. The third kappa shape index (κ3) is 1.43. The van der Waals surface area contributed by atoms with Gasteiger partial charge >= 0.3 is 0 Å². The first kappa shape index (κ1) is 9.26. The Morgan fingerprint density at radius 3 is 2.85 bits per heavy atom. The molecule has 0 saturated heterocycles. The fourth-order valence-corrected chi connectivity index (χ4v) is 3.09. The van der Waals surface area contributed by atoms with Crippen molar-refractivity contribution in [1.29, 1.82) is 0 Å². The van der Waals surface area contributed by atoms with Crippen LogP contribution >= 0.6 is 0 Å². The van der Waals surface area contributed by atoms with Gasteiger partial charge in [0.25, 0.3) is 0 Å². The molecule has 1 heteroatoms. The van der Waals surface area contributed by atoms with Crippen LogP contribution in [-0.4, -0.2) is 11.2 Å². The third-order valence-electron chi connectivity index (χ3n) is 4.08. The Bertz CT molecular complexity index is 242. The zero-order valence-corrected chi connectivity index (χ0v) is 8.77. The molecule has 2 aliphatic carbocycles. The maximum atomic E-state index is 9.77. The minimum absolute atomic E-state index is 0.138. The second-order valence-corrected chi connectivity index (χ2v) is 4.98. The van der Waals surface area contributed by atoms with Gasteiger partial charge in [-0.3, -0.25) is 0 Å². The molecule has 1 saturated carbocycles. The summed E-state index contributed by atoms with van der Waals surface area (Å²) in [4.78, 5) is 0. The Labute approximate surface area is 80.8 Å². The van der Waals surface area contributed by atoms with Gasteiger partial charge in [0.15, 0.2) is 0 Å². The van der Waals surface area contributed by atoms with E-state index in [0.29, 0.717) is 5.41 Å².